The molecule has 0 aromatic carbocycles. The highest BCUT2D eigenvalue weighted by molar-refractivity contribution is 5.82. The van der Waals surface area contributed by atoms with E-state index in [0.29, 0.717) is 12.5 Å². The molecule has 3 N–H and O–H groups in total. The van der Waals surface area contributed by atoms with Crippen LogP contribution in [0.15, 0.2) is 0 Å². The molecule has 1 rings (SSSR count). The second kappa shape index (κ2) is 7.12. The van der Waals surface area contributed by atoms with E-state index in [1.165, 1.54) is 0 Å². The number of hydrogen-bond donors (Lipinski definition) is 3. The van der Waals surface area contributed by atoms with E-state index in [9.17, 15) is 14.4 Å². The Hall–Kier alpha value is -1.79. The largest absolute Gasteiger partial charge is 0.481 e. The molecule has 7 nitrogen and oxygen atoms in total. The summed E-state index contributed by atoms with van der Waals surface area (Å²) in [6.45, 7) is 4.60. The van der Waals surface area contributed by atoms with E-state index in [-0.39, 0.29) is 31.3 Å². The first-order valence-electron chi connectivity index (χ1n) is 6.83. The smallest absolute Gasteiger partial charge is 0.326 e. The van der Waals surface area contributed by atoms with Crippen LogP contribution in [0.1, 0.15) is 39.5 Å². The second-order valence-corrected chi connectivity index (χ2v) is 5.47. The van der Waals surface area contributed by atoms with Gasteiger partial charge in [-0.25, -0.2) is 9.59 Å². The van der Waals surface area contributed by atoms with Crippen LogP contribution >= 0.6 is 0 Å². The van der Waals surface area contributed by atoms with Crippen LogP contribution < -0.4 is 5.32 Å². The lowest BCUT2D eigenvalue weighted by Gasteiger charge is -2.24. The van der Waals surface area contributed by atoms with Gasteiger partial charge in [0.2, 0.25) is 0 Å². The molecule has 1 heterocycles. The fourth-order valence-electron chi connectivity index (χ4n) is 2.53. The van der Waals surface area contributed by atoms with Crippen LogP contribution in [0.2, 0.25) is 0 Å². The zero-order chi connectivity index (χ0) is 15.3. The van der Waals surface area contributed by atoms with E-state index >= 15 is 0 Å². The number of amides is 2. The molecule has 1 aliphatic rings. The highest BCUT2D eigenvalue weighted by Crippen LogP contribution is 2.22. The molecule has 7 heteroatoms. The second-order valence-electron chi connectivity index (χ2n) is 5.47. The maximum Gasteiger partial charge on any atom is 0.326 e. The van der Waals surface area contributed by atoms with Gasteiger partial charge in [-0.1, -0.05) is 6.92 Å². The summed E-state index contributed by atoms with van der Waals surface area (Å²) >= 11 is 0. The topological polar surface area (TPSA) is 107 Å². The molecule has 0 bridgehead atoms. The van der Waals surface area contributed by atoms with Crippen molar-refractivity contribution in [3.63, 3.8) is 0 Å². The van der Waals surface area contributed by atoms with Crippen molar-refractivity contribution >= 4 is 18.0 Å². The quantitative estimate of drug-likeness (QED) is 0.678. The average molecular weight is 286 g/mol. The number of carboxylic acids is 2. The molecule has 2 unspecified atom stereocenters. The molecule has 0 aliphatic carbocycles. The first-order valence-corrected chi connectivity index (χ1v) is 6.83. The van der Waals surface area contributed by atoms with E-state index in [2.05, 4.69) is 5.32 Å². The molecule has 114 valence electrons. The molecule has 0 saturated carbocycles. The minimum absolute atomic E-state index is 0.0958. The van der Waals surface area contributed by atoms with Gasteiger partial charge in [0.1, 0.15) is 6.04 Å². The standard InChI is InChI=1S/C13H22N2O5/c1-8-6-9(2)15(7-8)13(20)14-10(12(18)19)4-3-5-11(16)17/h8-10H,3-7H2,1-2H3,(H,14,20)(H,16,17)(H,18,19)/t8?,9?,10-/m1/s1. The molecule has 20 heavy (non-hydrogen) atoms. The zero-order valence-electron chi connectivity index (χ0n) is 11.8. The monoisotopic (exact) mass is 286 g/mol. The van der Waals surface area contributed by atoms with Crippen LogP contribution in [0.3, 0.4) is 0 Å². The predicted octanol–water partition coefficient (Wildman–Crippen LogP) is 1.13. The van der Waals surface area contributed by atoms with Crippen LogP contribution in [0.5, 0.6) is 0 Å². The maximum absolute atomic E-state index is 12.0. The first-order chi connectivity index (χ1) is 9.31. The SMILES string of the molecule is CC1CC(C)N(C(=O)N[C@H](CCCC(=O)O)C(=O)O)C1. The van der Waals surface area contributed by atoms with Gasteiger partial charge in [0.05, 0.1) is 0 Å². The van der Waals surface area contributed by atoms with Crippen molar-refractivity contribution in [2.45, 2.75) is 51.6 Å². The Labute approximate surface area is 117 Å². The Balaban J connectivity index is 2.50. The van der Waals surface area contributed by atoms with Crippen LogP contribution in [0.25, 0.3) is 0 Å². The zero-order valence-corrected chi connectivity index (χ0v) is 11.8. The highest BCUT2D eigenvalue weighted by atomic mass is 16.4. The molecule has 2 amide bonds. The molecular formula is C13H22N2O5. The molecule has 1 fully saturated rings. The molecule has 1 aliphatic heterocycles. The molecule has 0 radical (unpaired) electrons. The number of aliphatic carboxylic acids is 2. The number of carboxylic acid groups (broad SMARTS) is 2. The summed E-state index contributed by atoms with van der Waals surface area (Å²) in [6, 6.07) is -1.33. The van der Waals surface area contributed by atoms with E-state index in [1.807, 2.05) is 13.8 Å². The lowest BCUT2D eigenvalue weighted by Crippen LogP contribution is -2.49. The van der Waals surface area contributed by atoms with Gasteiger partial charge in [0, 0.05) is 19.0 Å². The fourth-order valence-corrected chi connectivity index (χ4v) is 2.53. The molecule has 3 atom stereocenters. The number of urea groups is 1. The van der Waals surface area contributed by atoms with Crippen molar-refractivity contribution in [2.75, 3.05) is 6.54 Å². The van der Waals surface area contributed by atoms with Gasteiger partial charge in [0.25, 0.3) is 0 Å². The van der Waals surface area contributed by atoms with Crippen LogP contribution in [0.4, 0.5) is 4.79 Å². The Morgan fingerprint density at radius 2 is 1.95 bits per heavy atom. The van der Waals surface area contributed by atoms with E-state index in [1.54, 1.807) is 4.90 Å². The summed E-state index contributed by atoms with van der Waals surface area (Å²) in [5.74, 6) is -1.70. The Kier molecular flexibility index (Phi) is 5.79. The molecular weight excluding hydrogens is 264 g/mol. The number of likely N-dealkylation sites (tertiary alicyclic amines) is 1. The summed E-state index contributed by atoms with van der Waals surface area (Å²) in [5.41, 5.74) is 0. The lowest BCUT2D eigenvalue weighted by molar-refractivity contribution is -0.140. The summed E-state index contributed by atoms with van der Waals surface area (Å²) in [6.07, 6.45) is 1.14. The van der Waals surface area contributed by atoms with Crippen molar-refractivity contribution in [1.82, 2.24) is 10.2 Å². The van der Waals surface area contributed by atoms with Gasteiger partial charge < -0.3 is 20.4 Å². The highest BCUT2D eigenvalue weighted by Gasteiger charge is 2.32. The van der Waals surface area contributed by atoms with Gasteiger partial charge >= 0.3 is 18.0 Å². The van der Waals surface area contributed by atoms with E-state index in [0.717, 1.165) is 6.42 Å². The van der Waals surface area contributed by atoms with Crippen molar-refractivity contribution in [1.29, 1.82) is 0 Å². The third kappa shape index (κ3) is 4.71. The van der Waals surface area contributed by atoms with Crippen LogP contribution in [0, 0.1) is 5.92 Å². The number of nitrogens with one attached hydrogen (secondary N) is 1. The van der Waals surface area contributed by atoms with Crippen molar-refractivity contribution in [3.8, 4) is 0 Å². The first kappa shape index (κ1) is 16.3. The van der Waals surface area contributed by atoms with Crippen LogP contribution in [-0.2, 0) is 9.59 Å². The Morgan fingerprint density at radius 1 is 1.30 bits per heavy atom. The third-order valence-electron chi connectivity index (χ3n) is 3.52. The summed E-state index contributed by atoms with van der Waals surface area (Å²) in [4.78, 5) is 35.2. The predicted molar refractivity (Wildman–Crippen MR) is 71.4 cm³/mol. The van der Waals surface area contributed by atoms with Gasteiger partial charge in [0.15, 0.2) is 0 Å². The minimum Gasteiger partial charge on any atom is -0.481 e. The normalized spacial score (nSPS) is 23.4. The summed E-state index contributed by atoms with van der Waals surface area (Å²) < 4.78 is 0. The van der Waals surface area contributed by atoms with Crippen molar-refractivity contribution in [2.24, 2.45) is 5.92 Å². The van der Waals surface area contributed by atoms with Crippen molar-refractivity contribution in [3.05, 3.63) is 0 Å². The number of carbonyl (C=O) groups excluding carboxylic acids is 1. The molecule has 0 spiro atoms. The van der Waals surface area contributed by atoms with Crippen molar-refractivity contribution < 1.29 is 24.6 Å². The Bertz CT molecular complexity index is 385. The number of nitrogens with zero attached hydrogens (tertiary/aromatic N) is 1. The van der Waals surface area contributed by atoms with Gasteiger partial charge in [-0.15, -0.1) is 0 Å². The maximum atomic E-state index is 12.0. The van der Waals surface area contributed by atoms with E-state index < -0.39 is 18.0 Å². The summed E-state index contributed by atoms with van der Waals surface area (Å²) in [5, 5.41) is 20.1. The Morgan fingerprint density at radius 3 is 2.40 bits per heavy atom. The van der Waals surface area contributed by atoms with Gasteiger partial charge in [-0.05, 0) is 32.1 Å². The summed E-state index contributed by atoms with van der Waals surface area (Å²) in [7, 11) is 0. The van der Waals surface area contributed by atoms with Gasteiger partial charge in [-0.3, -0.25) is 4.79 Å². The number of carbonyl (C=O) groups is 3. The minimum atomic E-state index is -1.14. The van der Waals surface area contributed by atoms with Crippen LogP contribution in [-0.4, -0.2) is 51.7 Å². The fraction of sp³-hybridized carbons (Fsp3) is 0.769. The number of rotatable bonds is 6. The number of hydrogen-bond acceptors (Lipinski definition) is 3. The third-order valence-corrected chi connectivity index (χ3v) is 3.52. The van der Waals surface area contributed by atoms with Gasteiger partial charge in [-0.2, -0.15) is 0 Å². The lowest BCUT2D eigenvalue weighted by atomic mass is 10.1. The molecule has 1 saturated heterocycles. The molecule has 0 aromatic rings. The molecule has 0 aromatic heterocycles. The average Bonchev–Trinajstić information content (AvgIpc) is 2.66. The van der Waals surface area contributed by atoms with E-state index in [4.69, 9.17) is 10.2 Å².